The lowest BCUT2D eigenvalue weighted by Gasteiger charge is -2.23. The highest BCUT2D eigenvalue weighted by molar-refractivity contribution is 7.13. The Labute approximate surface area is 163 Å². The molecule has 0 aliphatic heterocycles. The van der Waals surface area contributed by atoms with Gasteiger partial charge in [-0.3, -0.25) is 4.79 Å². The number of rotatable bonds is 5. The first-order chi connectivity index (χ1) is 12.7. The van der Waals surface area contributed by atoms with Crippen molar-refractivity contribution >= 4 is 17.3 Å². The van der Waals surface area contributed by atoms with Gasteiger partial charge in [-0.2, -0.15) is 0 Å². The first kappa shape index (κ1) is 19.1. The van der Waals surface area contributed by atoms with Gasteiger partial charge in [0, 0.05) is 16.5 Å². The quantitative estimate of drug-likeness (QED) is 0.603. The molecule has 0 aliphatic rings. The van der Waals surface area contributed by atoms with Crippen molar-refractivity contribution in [2.75, 3.05) is 0 Å². The lowest BCUT2D eigenvalue weighted by atomic mass is 9.85. The summed E-state index contributed by atoms with van der Waals surface area (Å²) in [6.45, 7) is 8.61. The van der Waals surface area contributed by atoms with E-state index in [9.17, 15) is 4.79 Å². The minimum atomic E-state index is -0.872. The Morgan fingerprint density at radius 2 is 1.85 bits per heavy atom. The summed E-state index contributed by atoms with van der Waals surface area (Å²) in [5.74, 6) is 0.748. The molecule has 27 heavy (non-hydrogen) atoms. The monoisotopic (exact) mass is 381 g/mol. The van der Waals surface area contributed by atoms with Crippen molar-refractivity contribution in [1.82, 2.24) is 4.98 Å². The third-order valence-corrected chi connectivity index (χ3v) is 5.10. The highest BCUT2D eigenvalue weighted by atomic mass is 32.1. The van der Waals surface area contributed by atoms with E-state index >= 15 is 0 Å². The average Bonchev–Trinajstić information content (AvgIpc) is 3.04. The maximum Gasteiger partial charge on any atom is 0.309 e. The Hall–Kier alpha value is -2.66. The summed E-state index contributed by atoms with van der Waals surface area (Å²) in [6, 6.07) is 14.0. The maximum absolute atomic E-state index is 10.8. The SMILES string of the molecule is Cc1ccc(Oc2ccc(-c3nc(CC(=O)O)cs3)cc2)c(C(C)(C)C)c1. The lowest BCUT2D eigenvalue weighted by Crippen LogP contribution is -2.12. The molecular weight excluding hydrogens is 358 g/mol. The molecule has 140 valence electrons. The Balaban J connectivity index is 1.81. The Kier molecular flexibility index (Phi) is 5.33. The molecule has 4 nitrogen and oxygen atoms in total. The van der Waals surface area contributed by atoms with Gasteiger partial charge in [0.1, 0.15) is 16.5 Å². The van der Waals surface area contributed by atoms with Crippen LogP contribution in [-0.2, 0) is 16.6 Å². The van der Waals surface area contributed by atoms with Gasteiger partial charge in [0.05, 0.1) is 12.1 Å². The molecule has 5 heteroatoms. The van der Waals surface area contributed by atoms with E-state index in [0.29, 0.717) is 5.69 Å². The molecule has 3 rings (SSSR count). The first-order valence-corrected chi connectivity index (χ1v) is 9.66. The van der Waals surface area contributed by atoms with E-state index in [1.165, 1.54) is 22.5 Å². The van der Waals surface area contributed by atoms with E-state index in [2.05, 4.69) is 44.8 Å². The number of benzene rings is 2. The fourth-order valence-electron chi connectivity index (χ4n) is 2.79. The standard InChI is InChI=1S/C22H23NO3S/c1-14-5-10-19(18(11-14)22(2,3)4)26-17-8-6-15(7-9-17)21-23-16(13-27-21)12-20(24)25/h5-11,13H,12H2,1-4H3,(H,24,25). The largest absolute Gasteiger partial charge is 0.481 e. The fraction of sp³-hybridized carbons (Fsp3) is 0.273. The summed E-state index contributed by atoms with van der Waals surface area (Å²) in [5.41, 5.74) is 3.90. The van der Waals surface area contributed by atoms with Crippen LogP contribution in [0.25, 0.3) is 10.6 Å². The molecule has 2 aromatic carbocycles. The molecule has 0 fully saturated rings. The molecule has 1 aromatic heterocycles. The molecule has 0 saturated carbocycles. The molecule has 0 unspecified atom stereocenters. The third kappa shape index (κ3) is 4.74. The minimum Gasteiger partial charge on any atom is -0.481 e. The van der Waals surface area contributed by atoms with E-state index < -0.39 is 5.97 Å². The summed E-state index contributed by atoms with van der Waals surface area (Å²) in [4.78, 5) is 15.2. The molecule has 3 aromatic rings. The van der Waals surface area contributed by atoms with Gasteiger partial charge < -0.3 is 9.84 Å². The Morgan fingerprint density at radius 3 is 2.48 bits per heavy atom. The number of aliphatic carboxylic acids is 1. The lowest BCUT2D eigenvalue weighted by molar-refractivity contribution is -0.136. The number of nitrogens with zero attached hydrogens (tertiary/aromatic N) is 1. The molecule has 0 amide bonds. The summed E-state index contributed by atoms with van der Waals surface area (Å²) in [6.07, 6.45) is -0.0549. The van der Waals surface area contributed by atoms with Gasteiger partial charge in [0.25, 0.3) is 0 Å². The van der Waals surface area contributed by atoms with Gasteiger partial charge in [-0.05, 0) is 42.7 Å². The van der Waals surface area contributed by atoms with Gasteiger partial charge in [-0.1, -0.05) is 38.5 Å². The normalized spacial score (nSPS) is 11.4. The predicted octanol–water partition coefficient (Wildman–Crippen LogP) is 5.84. The van der Waals surface area contributed by atoms with Crippen molar-refractivity contribution in [1.29, 1.82) is 0 Å². The number of carboxylic acids is 1. The van der Waals surface area contributed by atoms with Gasteiger partial charge in [0.15, 0.2) is 0 Å². The van der Waals surface area contributed by atoms with Gasteiger partial charge in [-0.15, -0.1) is 11.3 Å². The van der Waals surface area contributed by atoms with E-state index in [1.807, 2.05) is 30.3 Å². The molecule has 1 N–H and O–H groups in total. The first-order valence-electron chi connectivity index (χ1n) is 8.78. The van der Waals surface area contributed by atoms with Crippen LogP contribution in [0.2, 0.25) is 0 Å². The number of aryl methyl sites for hydroxylation is 1. The number of carboxylic acid groups (broad SMARTS) is 1. The smallest absolute Gasteiger partial charge is 0.309 e. The summed E-state index contributed by atoms with van der Waals surface area (Å²) >= 11 is 1.45. The maximum atomic E-state index is 10.8. The molecular formula is C22H23NO3S. The molecule has 0 aliphatic carbocycles. The predicted molar refractivity (Wildman–Crippen MR) is 109 cm³/mol. The molecule has 1 heterocycles. The number of thiazole rings is 1. The second-order valence-electron chi connectivity index (χ2n) is 7.59. The molecule has 0 saturated heterocycles. The van der Waals surface area contributed by atoms with E-state index in [-0.39, 0.29) is 11.8 Å². The van der Waals surface area contributed by atoms with Crippen LogP contribution in [-0.4, -0.2) is 16.1 Å². The zero-order valence-corrected chi connectivity index (χ0v) is 16.8. The van der Waals surface area contributed by atoms with Crippen molar-refractivity contribution in [3.05, 3.63) is 64.7 Å². The van der Waals surface area contributed by atoms with Crippen LogP contribution < -0.4 is 4.74 Å². The minimum absolute atomic E-state index is 0.0112. The zero-order chi connectivity index (χ0) is 19.6. The molecule has 0 bridgehead atoms. The molecule has 0 spiro atoms. The number of hydrogen-bond acceptors (Lipinski definition) is 4. The van der Waals surface area contributed by atoms with Crippen LogP contribution in [0.3, 0.4) is 0 Å². The number of hydrogen-bond donors (Lipinski definition) is 1. The second kappa shape index (κ2) is 7.53. The summed E-state index contributed by atoms with van der Waals surface area (Å²) in [5, 5.41) is 11.5. The number of ether oxygens (including phenoxy) is 1. The van der Waals surface area contributed by atoms with Crippen LogP contribution in [0, 0.1) is 6.92 Å². The van der Waals surface area contributed by atoms with Crippen molar-refractivity contribution in [2.24, 2.45) is 0 Å². The molecule has 0 atom stereocenters. The van der Waals surface area contributed by atoms with Crippen LogP contribution in [0.4, 0.5) is 0 Å². The van der Waals surface area contributed by atoms with E-state index in [4.69, 9.17) is 9.84 Å². The van der Waals surface area contributed by atoms with Gasteiger partial charge in [0.2, 0.25) is 0 Å². The van der Waals surface area contributed by atoms with Crippen molar-refractivity contribution in [3.63, 3.8) is 0 Å². The van der Waals surface area contributed by atoms with Crippen LogP contribution >= 0.6 is 11.3 Å². The molecule has 0 radical (unpaired) electrons. The highest BCUT2D eigenvalue weighted by Crippen LogP contribution is 2.35. The van der Waals surface area contributed by atoms with E-state index in [0.717, 1.165) is 22.1 Å². The third-order valence-electron chi connectivity index (χ3n) is 4.16. The van der Waals surface area contributed by atoms with E-state index in [1.54, 1.807) is 5.38 Å². The van der Waals surface area contributed by atoms with Gasteiger partial charge >= 0.3 is 5.97 Å². The fourth-order valence-corrected chi connectivity index (χ4v) is 3.61. The Bertz CT molecular complexity index is 952. The highest BCUT2D eigenvalue weighted by Gasteiger charge is 2.19. The van der Waals surface area contributed by atoms with Crippen LogP contribution in [0.15, 0.2) is 47.8 Å². The van der Waals surface area contributed by atoms with Crippen LogP contribution in [0.1, 0.15) is 37.6 Å². The Morgan fingerprint density at radius 1 is 1.15 bits per heavy atom. The number of carbonyl (C=O) groups is 1. The zero-order valence-electron chi connectivity index (χ0n) is 15.9. The van der Waals surface area contributed by atoms with Gasteiger partial charge in [-0.25, -0.2) is 4.98 Å². The average molecular weight is 381 g/mol. The van der Waals surface area contributed by atoms with Crippen molar-refractivity contribution in [2.45, 2.75) is 39.5 Å². The van der Waals surface area contributed by atoms with Crippen molar-refractivity contribution < 1.29 is 14.6 Å². The summed E-state index contributed by atoms with van der Waals surface area (Å²) in [7, 11) is 0. The van der Waals surface area contributed by atoms with Crippen molar-refractivity contribution in [3.8, 4) is 22.1 Å². The second-order valence-corrected chi connectivity index (χ2v) is 8.45. The number of aromatic nitrogens is 1. The van der Waals surface area contributed by atoms with Crippen LogP contribution in [0.5, 0.6) is 11.5 Å². The summed E-state index contributed by atoms with van der Waals surface area (Å²) < 4.78 is 6.14. The topological polar surface area (TPSA) is 59.4 Å².